The Morgan fingerprint density at radius 3 is 2.44 bits per heavy atom. The number of rotatable bonds is 4. The molecule has 0 bridgehead atoms. The van der Waals surface area contributed by atoms with Crippen molar-refractivity contribution in [1.29, 1.82) is 0 Å². The Hall–Kier alpha value is -0.720. The highest BCUT2D eigenvalue weighted by molar-refractivity contribution is 8.14. The third-order valence-corrected chi connectivity index (χ3v) is 4.30. The fraction of sp³-hybridized carbons (Fsp3) is 0.364. The Labute approximate surface area is 115 Å². The molecule has 0 radical (unpaired) electrons. The molecule has 0 saturated carbocycles. The Balaban J connectivity index is 3.41. The highest BCUT2D eigenvalue weighted by Gasteiger charge is 2.25. The topological polar surface area (TPSA) is 60.4 Å². The first kappa shape index (κ1) is 15.3. The zero-order chi connectivity index (χ0) is 13.9. The minimum Gasteiger partial charge on any atom is -0.459 e. The van der Waals surface area contributed by atoms with E-state index in [4.69, 9.17) is 15.4 Å². The van der Waals surface area contributed by atoms with E-state index in [0.29, 0.717) is 4.90 Å². The van der Waals surface area contributed by atoms with Gasteiger partial charge in [0.05, 0.1) is 11.7 Å². The average molecular weight is 309 g/mol. The van der Waals surface area contributed by atoms with Gasteiger partial charge in [-0.2, -0.15) is 0 Å². The van der Waals surface area contributed by atoms with Crippen LogP contribution in [0, 0.1) is 0 Å². The van der Waals surface area contributed by atoms with Crippen LogP contribution in [0.4, 0.5) is 0 Å². The van der Waals surface area contributed by atoms with Gasteiger partial charge in [-0.15, -0.1) is 11.8 Å². The molecule has 4 nitrogen and oxygen atoms in total. The number of carbonyl (C=O) groups excluding carboxylic acids is 1. The molecule has 0 amide bonds. The molecule has 0 spiro atoms. The molecule has 100 valence electrons. The minimum absolute atomic E-state index is 0.0365. The summed E-state index contributed by atoms with van der Waals surface area (Å²) in [4.78, 5) is 12.1. The van der Waals surface area contributed by atoms with Gasteiger partial charge < -0.3 is 4.74 Å². The summed E-state index contributed by atoms with van der Waals surface area (Å²) in [5.41, 5.74) is -0.0365. The van der Waals surface area contributed by atoms with Crippen LogP contribution in [0.25, 0.3) is 0 Å². The summed E-state index contributed by atoms with van der Waals surface area (Å²) in [5.74, 6) is -0.694. The monoisotopic (exact) mass is 308 g/mol. The quantitative estimate of drug-likeness (QED) is 0.486. The lowest BCUT2D eigenvalue weighted by atomic mass is 10.2. The Kier molecular flexibility index (Phi) is 5.07. The van der Waals surface area contributed by atoms with Gasteiger partial charge in [0, 0.05) is 15.6 Å². The van der Waals surface area contributed by atoms with Gasteiger partial charge in [0.15, 0.2) is 0 Å². The summed E-state index contributed by atoms with van der Waals surface area (Å²) < 4.78 is 28.1. The van der Waals surface area contributed by atoms with Crippen LogP contribution < -0.4 is 0 Å². The summed E-state index contributed by atoms with van der Waals surface area (Å²) in [6, 6.07) is 4.57. The third-order valence-electron chi connectivity index (χ3n) is 2.01. The smallest absolute Gasteiger partial charge is 0.339 e. The number of benzene rings is 1. The molecule has 0 heterocycles. The van der Waals surface area contributed by atoms with Crippen molar-refractivity contribution >= 4 is 37.5 Å². The van der Waals surface area contributed by atoms with Crippen LogP contribution >= 0.6 is 22.4 Å². The van der Waals surface area contributed by atoms with E-state index in [1.165, 1.54) is 17.8 Å². The van der Waals surface area contributed by atoms with Gasteiger partial charge in [0.25, 0.3) is 9.05 Å². The molecule has 18 heavy (non-hydrogen) atoms. The van der Waals surface area contributed by atoms with Crippen molar-refractivity contribution in [3.05, 3.63) is 23.8 Å². The van der Waals surface area contributed by atoms with Gasteiger partial charge in [0.1, 0.15) is 4.90 Å². The van der Waals surface area contributed by atoms with Gasteiger partial charge in [-0.25, -0.2) is 13.2 Å². The van der Waals surface area contributed by atoms with Crippen molar-refractivity contribution in [2.75, 3.05) is 6.26 Å². The van der Waals surface area contributed by atoms with Crippen molar-refractivity contribution in [1.82, 2.24) is 0 Å². The van der Waals surface area contributed by atoms with E-state index in [1.807, 2.05) is 0 Å². The molecule has 0 N–H and O–H groups in total. The van der Waals surface area contributed by atoms with Gasteiger partial charge in [-0.05, 0) is 32.2 Å². The Morgan fingerprint density at radius 1 is 1.39 bits per heavy atom. The van der Waals surface area contributed by atoms with Crippen molar-refractivity contribution in [2.45, 2.75) is 29.7 Å². The molecule has 1 aromatic rings. The van der Waals surface area contributed by atoms with E-state index in [2.05, 4.69) is 0 Å². The van der Waals surface area contributed by atoms with Crippen LogP contribution in [0.5, 0.6) is 0 Å². The second-order valence-corrected chi connectivity index (χ2v) is 7.08. The average Bonchev–Trinajstić information content (AvgIpc) is 2.25. The number of hydrogen-bond donors (Lipinski definition) is 0. The SMILES string of the molecule is CSc1cccc(C(=O)OC(C)C)c1S(=O)(=O)Cl. The summed E-state index contributed by atoms with van der Waals surface area (Å²) in [7, 11) is 1.37. The van der Waals surface area contributed by atoms with Gasteiger partial charge >= 0.3 is 5.97 Å². The maximum absolute atomic E-state index is 11.8. The standard InChI is InChI=1S/C11H13ClO4S2/c1-7(2)16-11(13)8-5-4-6-9(17-3)10(8)18(12,14)15/h4-7H,1-3H3. The van der Waals surface area contributed by atoms with E-state index in [9.17, 15) is 13.2 Å². The molecule has 1 aromatic carbocycles. The predicted molar refractivity (Wildman–Crippen MR) is 71.8 cm³/mol. The zero-order valence-electron chi connectivity index (χ0n) is 10.1. The summed E-state index contributed by atoms with van der Waals surface area (Å²) in [6.45, 7) is 3.37. The molecule has 0 aliphatic rings. The van der Waals surface area contributed by atoms with Crippen LogP contribution in [0.2, 0.25) is 0 Å². The predicted octanol–water partition coefficient (Wildman–Crippen LogP) is 2.90. The maximum Gasteiger partial charge on any atom is 0.339 e. The first-order valence-electron chi connectivity index (χ1n) is 5.10. The molecular weight excluding hydrogens is 296 g/mol. The third kappa shape index (κ3) is 3.63. The van der Waals surface area contributed by atoms with E-state index in [0.717, 1.165) is 0 Å². The van der Waals surface area contributed by atoms with Crippen LogP contribution in [-0.2, 0) is 13.8 Å². The highest BCUT2D eigenvalue weighted by Crippen LogP contribution is 2.31. The highest BCUT2D eigenvalue weighted by atomic mass is 35.7. The second-order valence-electron chi connectivity index (χ2n) is 3.73. The van der Waals surface area contributed by atoms with Crippen molar-refractivity contribution < 1.29 is 17.9 Å². The van der Waals surface area contributed by atoms with Crippen LogP contribution in [0.1, 0.15) is 24.2 Å². The lowest BCUT2D eigenvalue weighted by molar-refractivity contribution is 0.0372. The molecule has 0 unspecified atom stereocenters. The largest absolute Gasteiger partial charge is 0.459 e. The molecule has 0 aromatic heterocycles. The molecule has 0 aliphatic heterocycles. The van der Waals surface area contributed by atoms with Gasteiger partial charge in [0.2, 0.25) is 0 Å². The lowest BCUT2D eigenvalue weighted by Crippen LogP contribution is -2.14. The summed E-state index contributed by atoms with van der Waals surface area (Å²) in [5, 5.41) is 0. The van der Waals surface area contributed by atoms with Gasteiger partial charge in [-0.1, -0.05) is 6.07 Å². The Bertz CT molecular complexity index is 552. The first-order valence-corrected chi connectivity index (χ1v) is 8.63. The molecule has 0 saturated heterocycles. The van der Waals surface area contributed by atoms with Crippen LogP contribution in [-0.4, -0.2) is 26.7 Å². The molecule has 0 fully saturated rings. The fourth-order valence-corrected chi connectivity index (χ4v) is 3.81. The molecule has 7 heteroatoms. The maximum atomic E-state index is 11.8. The fourth-order valence-electron chi connectivity index (χ4n) is 1.37. The van der Waals surface area contributed by atoms with E-state index < -0.39 is 15.0 Å². The number of ether oxygens (including phenoxy) is 1. The Morgan fingerprint density at radius 2 is 2.00 bits per heavy atom. The molecule has 1 rings (SSSR count). The minimum atomic E-state index is -4.01. The number of halogens is 1. The van der Waals surface area contributed by atoms with Crippen LogP contribution in [0.3, 0.4) is 0 Å². The van der Waals surface area contributed by atoms with Crippen LogP contribution in [0.15, 0.2) is 28.0 Å². The van der Waals surface area contributed by atoms with Gasteiger partial charge in [-0.3, -0.25) is 0 Å². The normalized spacial score (nSPS) is 11.6. The molecule has 0 aliphatic carbocycles. The number of carbonyl (C=O) groups is 1. The number of esters is 1. The van der Waals surface area contributed by atoms with Crippen molar-refractivity contribution in [3.63, 3.8) is 0 Å². The molecular formula is C11H13ClO4S2. The van der Waals surface area contributed by atoms with E-state index >= 15 is 0 Å². The zero-order valence-corrected chi connectivity index (χ0v) is 12.5. The summed E-state index contributed by atoms with van der Waals surface area (Å²) >= 11 is 1.20. The number of hydrogen-bond acceptors (Lipinski definition) is 5. The summed E-state index contributed by atoms with van der Waals surface area (Å²) in [6.07, 6.45) is 1.37. The van der Waals surface area contributed by atoms with E-state index in [-0.39, 0.29) is 16.6 Å². The van der Waals surface area contributed by atoms with E-state index in [1.54, 1.807) is 32.2 Å². The lowest BCUT2D eigenvalue weighted by Gasteiger charge is -2.12. The van der Waals surface area contributed by atoms with Crippen molar-refractivity contribution in [3.8, 4) is 0 Å². The second kappa shape index (κ2) is 5.95. The number of thioether (sulfide) groups is 1. The van der Waals surface area contributed by atoms with Crippen molar-refractivity contribution in [2.24, 2.45) is 0 Å². The molecule has 0 atom stereocenters. The first-order chi connectivity index (χ1) is 8.27.